The van der Waals surface area contributed by atoms with Crippen molar-refractivity contribution in [3.8, 4) is 28.7 Å². The quantitative estimate of drug-likeness (QED) is 0.396. The Labute approximate surface area is 213 Å². The average molecular weight is 508 g/mol. The van der Waals surface area contributed by atoms with Crippen LogP contribution in [0.15, 0.2) is 53.5 Å². The van der Waals surface area contributed by atoms with E-state index in [0.717, 1.165) is 11.1 Å². The fraction of sp³-hybridized carbons (Fsp3) is 0.269. The Kier molecular flexibility index (Phi) is 7.05. The van der Waals surface area contributed by atoms with Crippen molar-refractivity contribution in [2.75, 3.05) is 7.11 Å². The number of halogens is 1. The van der Waals surface area contributed by atoms with E-state index < -0.39 is 11.2 Å². The second-order valence-electron chi connectivity index (χ2n) is 8.71. The Morgan fingerprint density at radius 3 is 2.56 bits per heavy atom. The summed E-state index contributed by atoms with van der Waals surface area (Å²) in [5.41, 5.74) is 1.74. The lowest BCUT2D eigenvalue weighted by atomic mass is 10.0. The minimum Gasteiger partial charge on any atom is -0.481 e. The zero-order valence-electron chi connectivity index (χ0n) is 20.6. The van der Waals surface area contributed by atoms with Gasteiger partial charge in [-0.2, -0.15) is 4.98 Å². The summed E-state index contributed by atoms with van der Waals surface area (Å²) in [6.45, 7) is 6.91. The van der Waals surface area contributed by atoms with Crippen LogP contribution in [0.1, 0.15) is 36.8 Å². The van der Waals surface area contributed by atoms with Gasteiger partial charge in [-0.25, -0.2) is 15.0 Å². The summed E-state index contributed by atoms with van der Waals surface area (Å²) in [5.74, 6) is 1.18. The number of nitrogens with zero attached hydrogens (tertiary/aromatic N) is 5. The topological polar surface area (TPSA) is 112 Å². The number of pyridine rings is 1. The summed E-state index contributed by atoms with van der Waals surface area (Å²) in [5, 5.41) is 10.2. The van der Waals surface area contributed by atoms with Crippen molar-refractivity contribution in [1.29, 1.82) is 0 Å². The van der Waals surface area contributed by atoms with Gasteiger partial charge in [-0.05, 0) is 51.5 Å². The smallest absolute Gasteiger partial charge is 0.280 e. The Bertz CT molecular complexity index is 1480. The van der Waals surface area contributed by atoms with Crippen LogP contribution in [0.3, 0.4) is 0 Å². The number of methoxy groups -OCH3 is 1. The van der Waals surface area contributed by atoms with E-state index in [1.807, 2.05) is 25.1 Å². The van der Waals surface area contributed by atoms with Gasteiger partial charge in [-0.3, -0.25) is 9.36 Å². The van der Waals surface area contributed by atoms with E-state index in [1.165, 1.54) is 11.7 Å². The van der Waals surface area contributed by atoms with Crippen LogP contribution in [-0.2, 0) is 12.2 Å². The number of hydrogen-bond donors (Lipinski definition) is 1. The van der Waals surface area contributed by atoms with Crippen molar-refractivity contribution in [3.05, 3.63) is 86.9 Å². The van der Waals surface area contributed by atoms with Gasteiger partial charge < -0.3 is 14.6 Å². The first kappa shape index (κ1) is 25.3. The predicted octanol–water partition coefficient (Wildman–Crippen LogP) is 4.17. The van der Waals surface area contributed by atoms with E-state index in [2.05, 4.69) is 19.9 Å². The molecule has 1 N–H and O–H groups in total. The van der Waals surface area contributed by atoms with Crippen LogP contribution < -0.4 is 15.0 Å². The molecule has 0 saturated carbocycles. The summed E-state index contributed by atoms with van der Waals surface area (Å²) >= 11 is 6.38. The monoisotopic (exact) mass is 507 g/mol. The van der Waals surface area contributed by atoms with Crippen molar-refractivity contribution in [3.63, 3.8) is 0 Å². The van der Waals surface area contributed by atoms with Gasteiger partial charge in [0.1, 0.15) is 18.0 Å². The summed E-state index contributed by atoms with van der Waals surface area (Å²) in [4.78, 5) is 30.8. The van der Waals surface area contributed by atoms with Crippen LogP contribution in [-0.4, -0.2) is 36.7 Å². The van der Waals surface area contributed by atoms with Gasteiger partial charge in [0.2, 0.25) is 11.8 Å². The van der Waals surface area contributed by atoms with E-state index in [4.69, 9.17) is 21.1 Å². The van der Waals surface area contributed by atoms with Crippen LogP contribution in [0, 0.1) is 13.8 Å². The molecule has 186 valence electrons. The number of aryl methyl sites for hydroxylation is 2. The Hall–Kier alpha value is -3.82. The lowest BCUT2D eigenvalue weighted by Crippen LogP contribution is -2.23. The molecule has 4 rings (SSSR count). The number of benzene rings is 1. The third-order valence-corrected chi connectivity index (χ3v) is 5.73. The van der Waals surface area contributed by atoms with Crippen molar-refractivity contribution in [2.24, 2.45) is 0 Å². The van der Waals surface area contributed by atoms with Crippen molar-refractivity contribution in [2.45, 2.75) is 39.9 Å². The SMILES string of the molecule is COc1cccc(COc2nc(C)n(-c3cccc(-c4nc(C(C)(C)O)ncc4C)c3)c(=O)c2Cl)n1. The molecule has 0 aliphatic heterocycles. The van der Waals surface area contributed by atoms with Gasteiger partial charge in [-0.15, -0.1) is 0 Å². The molecular formula is C26H26ClN5O4. The molecule has 36 heavy (non-hydrogen) atoms. The maximum Gasteiger partial charge on any atom is 0.280 e. The molecule has 0 spiro atoms. The third kappa shape index (κ3) is 5.22. The third-order valence-electron chi connectivity index (χ3n) is 5.41. The van der Waals surface area contributed by atoms with Crippen molar-refractivity contribution >= 4 is 11.6 Å². The molecule has 0 radical (unpaired) electrons. The van der Waals surface area contributed by atoms with Crippen LogP contribution in [0.2, 0.25) is 5.02 Å². The Morgan fingerprint density at radius 2 is 1.83 bits per heavy atom. The first-order valence-corrected chi connectivity index (χ1v) is 11.6. The molecule has 0 unspecified atom stereocenters. The largest absolute Gasteiger partial charge is 0.481 e. The molecule has 0 bridgehead atoms. The van der Waals surface area contributed by atoms with Gasteiger partial charge >= 0.3 is 0 Å². The molecule has 0 aliphatic rings. The molecule has 4 aromatic rings. The zero-order valence-corrected chi connectivity index (χ0v) is 21.4. The summed E-state index contributed by atoms with van der Waals surface area (Å²) in [7, 11) is 1.53. The highest BCUT2D eigenvalue weighted by molar-refractivity contribution is 6.31. The maximum atomic E-state index is 13.2. The van der Waals surface area contributed by atoms with E-state index in [1.54, 1.807) is 51.2 Å². The minimum atomic E-state index is -1.19. The average Bonchev–Trinajstić information content (AvgIpc) is 2.85. The van der Waals surface area contributed by atoms with Crippen LogP contribution in [0.4, 0.5) is 0 Å². The maximum absolute atomic E-state index is 13.2. The number of aliphatic hydroxyl groups is 1. The van der Waals surface area contributed by atoms with Crippen LogP contribution >= 0.6 is 11.6 Å². The number of ether oxygens (including phenoxy) is 2. The number of hydrogen-bond acceptors (Lipinski definition) is 8. The van der Waals surface area contributed by atoms with Gasteiger partial charge in [0.15, 0.2) is 10.8 Å². The molecule has 1 aromatic carbocycles. The molecule has 0 aliphatic carbocycles. The van der Waals surface area contributed by atoms with Gasteiger partial charge in [-0.1, -0.05) is 29.8 Å². The fourth-order valence-corrected chi connectivity index (χ4v) is 3.78. The minimum absolute atomic E-state index is 0.0256. The molecule has 3 aromatic heterocycles. The highest BCUT2D eigenvalue weighted by atomic mass is 35.5. The number of rotatable bonds is 7. The second kappa shape index (κ2) is 10.0. The molecule has 3 heterocycles. The molecule has 0 fully saturated rings. The highest BCUT2D eigenvalue weighted by Gasteiger charge is 2.22. The normalized spacial score (nSPS) is 11.4. The summed E-state index contributed by atoms with van der Waals surface area (Å²) < 4.78 is 12.2. The van der Waals surface area contributed by atoms with E-state index in [-0.39, 0.29) is 17.5 Å². The molecule has 10 heteroatoms. The summed E-state index contributed by atoms with van der Waals surface area (Å²) in [6.07, 6.45) is 1.67. The molecule has 0 saturated heterocycles. The van der Waals surface area contributed by atoms with Crippen molar-refractivity contribution in [1.82, 2.24) is 24.5 Å². The van der Waals surface area contributed by atoms with Gasteiger partial charge in [0, 0.05) is 17.8 Å². The van der Waals surface area contributed by atoms with Crippen LogP contribution in [0.5, 0.6) is 11.8 Å². The van der Waals surface area contributed by atoms with Gasteiger partial charge in [0.05, 0.1) is 24.2 Å². The Morgan fingerprint density at radius 1 is 1.08 bits per heavy atom. The van der Waals surface area contributed by atoms with E-state index in [0.29, 0.717) is 34.6 Å². The second-order valence-corrected chi connectivity index (χ2v) is 9.09. The van der Waals surface area contributed by atoms with Crippen LogP contribution in [0.25, 0.3) is 16.9 Å². The zero-order chi connectivity index (χ0) is 26.0. The molecule has 9 nitrogen and oxygen atoms in total. The lowest BCUT2D eigenvalue weighted by Gasteiger charge is -2.18. The van der Waals surface area contributed by atoms with Gasteiger partial charge in [0.25, 0.3) is 5.56 Å². The number of aromatic nitrogens is 5. The first-order valence-electron chi connectivity index (χ1n) is 11.2. The molecule has 0 atom stereocenters. The van der Waals surface area contributed by atoms with Crippen molar-refractivity contribution < 1.29 is 14.6 Å². The molecule has 0 amide bonds. The standard InChI is InChI=1S/C26H26ClN5O4/c1-15-13-28-25(26(3,4)34)31-22(15)17-8-6-10-19(12-17)32-16(2)29-23(21(27)24(32)33)36-14-18-9-7-11-20(30-18)35-5/h6-13,34H,14H2,1-5H3. The first-order chi connectivity index (χ1) is 17.1. The Balaban J connectivity index is 1.69. The van der Waals surface area contributed by atoms with E-state index >= 15 is 0 Å². The lowest BCUT2D eigenvalue weighted by molar-refractivity contribution is 0.0688. The summed E-state index contributed by atoms with van der Waals surface area (Å²) in [6, 6.07) is 12.6. The van der Waals surface area contributed by atoms with E-state index in [9.17, 15) is 9.90 Å². The molecular weight excluding hydrogens is 482 g/mol. The fourth-order valence-electron chi connectivity index (χ4n) is 3.60. The highest BCUT2D eigenvalue weighted by Crippen LogP contribution is 2.27. The predicted molar refractivity (Wildman–Crippen MR) is 136 cm³/mol.